The lowest BCUT2D eigenvalue weighted by atomic mass is 9.98. The third kappa shape index (κ3) is 23.7. The summed E-state index contributed by atoms with van der Waals surface area (Å²) < 4.78 is 7.58. The van der Waals surface area contributed by atoms with Gasteiger partial charge in [0.05, 0.1) is 20.2 Å². The van der Waals surface area contributed by atoms with Crippen LogP contribution in [0.4, 0.5) is 0 Å². The lowest BCUT2D eigenvalue weighted by Gasteiger charge is -2.31. The summed E-state index contributed by atoms with van der Waals surface area (Å²) in [6.45, 7) is 10.2. The second kappa shape index (κ2) is 33.6. The molecular formula is C47H72N14O8S2. The molecule has 390 valence electrons. The Kier molecular flexibility index (Phi) is 28.1. The Labute approximate surface area is 424 Å². The summed E-state index contributed by atoms with van der Waals surface area (Å²) in [5, 5.41) is 42.8. The molecule has 6 atom stereocenters. The fourth-order valence-corrected chi connectivity index (χ4v) is 8.17. The van der Waals surface area contributed by atoms with Crippen LogP contribution < -0.4 is 21.3 Å². The Morgan fingerprint density at radius 2 is 1.04 bits per heavy atom. The van der Waals surface area contributed by atoms with E-state index in [2.05, 4.69) is 66.2 Å². The topological polar surface area (TPSA) is 274 Å². The van der Waals surface area contributed by atoms with Crippen molar-refractivity contribution in [3.63, 3.8) is 0 Å². The van der Waals surface area contributed by atoms with Crippen molar-refractivity contribution in [1.29, 1.82) is 0 Å². The fourth-order valence-electron chi connectivity index (χ4n) is 7.22. The number of aliphatic carboxylic acids is 1. The number of carbonyl (C=O) groups excluding carboxylic acids is 5. The van der Waals surface area contributed by atoms with E-state index in [0.717, 1.165) is 29.7 Å². The van der Waals surface area contributed by atoms with Gasteiger partial charge in [0.15, 0.2) is 0 Å². The molecule has 0 radical (unpaired) electrons. The molecule has 0 fully saturated rings. The molecule has 0 saturated carbocycles. The smallest absolute Gasteiger partial charge is 0.328 e. The molecule has 0 aliphatic rings. The molecule has 71 heavy (non-hydrogen) atoms. The quantitative estimate of drug-likeness (QED) is 0.0439. The molecule has 4 rings (SSSR count). The van der Waals surface area contributed by atoms with E-state index >= 15 is 0 Å². The molecule has 5 N–H and O–H groups in total. The van der Waals surface area contributed by atoms with Crippen molar-refractivity contribution in [3.8, 4) is 0 Å². The van der Waals surface area contributed by atoms with Crippen molar-refractivity contribution >= 4 is 59.1 Å². The first-order valence-electron chi connectivity index (χ1n) is 23.6. The summed E-state index contributed by atoms with van der Waals surface area (Å²) in [6, 6.07) is 17.5. The van der Waals surface area contributed by atoms with Crippen LogP contribution in [-0.2, 0) is 59.7 Å². The number of nitrogens with zero attached hydrogens (tertiary/aromatic N) is 10. The average Bonchev–Trinajstić information content (AvgIpc) is 4.08. The van der Waals surface area contributed by atoms with Crippen molar-refractivity contribution in [1.82, 2.24) is 71.5 Å². The largest absolute Gasteiger partial charge is 0.480 e. The van der Waals surface area contributed by atoms with Gasteiger partial charge in [-0.15, -0.1) is 10.2 Å². The number of carboxylic acid groups (broad SMARTS) is 1. The number of methoxy groups -OCH3 is 1. The molecule has 2 heterocycles. The fraction of sp³-hybridized carbons (Fsp3) is 0.574. The van der Waals surface area contributed by atoms with Gasteiger partial charge in [0.1, 0.15) is 37.8 Å². The number of thioether (sulfide) groups is 2. The maximum Gasteiger partial charge on any atom is 0.328 e. The zero-order chi connectivity index (χ0) is 52.0. The van der Waals surface area contributed by atoms with Crippen molar-refractivity contribution in [3.05, 3.63) is 84.4 Å². The van der Waals surface area contributed by atoms with Gasteiger partial charge in [-0.05, 0) is 80.7 Å². The van der Waals surface area contributed by atoms with E-state index < -0.39 is 24.0 Å². The third-order valence-corrected chi connectivity index (χ3v) is 12.9. The number of rotatable bonds is 32. The first-order valence-corrected chi connectivity index (χ1v) is 26.4. The SMILES string of the molecule is CCC(C)C(CN(CC(=O)NC(CCSC)C(=O)O)Cc1ccccc1)NC(=O)Cn1cnnn1.CCC(C)C(CN(CC(=O)NC(CCSC)C(=O)OC)Cc1ccccc1)NC(=O)Cn1cnnn1. The second-order valence-corrected chi connectivity index (χ2v) is 19.1. The van der Waals surface area contributed by atoms with Crippen LogP contribution in [0, 0.1) is 11.8 Å². The van der Waals surface area contributed by atoms with Gasteiger partial charge in [0.25, 0.3) is 0 Å². The van der Waals surface area contributed by atoms with Gasteiger partial charge >= 0.3 is 11.9 Å². The van der Waals surface area contributed by atoms with Crippen molar-refractivity contribution in [2.24, 2.45) is 11.8 Å². The molecule has 2 aromatic carbocycles. The third-order valence-electron chi connectivity index (χ3n) is 11.6. The number of carbonyl (C=O) groups is 6. The lowest BCUT2D eigenvalue weighted by Crippen LogP contribution is -2.51. The monoisotopic (exact) mass is 1020 g/mol. The molecule has 0 aliphatic heterocycles. The van der Waals surface area contributed by atoms with Crippen LogP contribution in [0.1, 0.15) is 64.5 Å². The highest BCUT2D eigenvalue weighted by atomic mass is 32.2. The molecule has 4 aromatic rings. The highest BCUT2D eigenvalue weighted by Crippen LogP contribution is 2.15. The summed E-state index contributed by atoms with van der Waals surface area (Å²) in [6.07, 6.45) is 9.12. The van der Waals surface area contributed by atoms with E-state index in [1.807, 2.05) is 96.8 Å². The number of aromatic nitrogens is 8. The van der Waals surface area contributed by atoms with Gasteiger partial charge in [-0.2, -0.15) is 23.5 Å². The summed E-state index contributed by atoms with van der Waals surface area (Å²) >= 11 is 3.13. The number of tetrazole rings is 2. The number of nitrogens with one attached hydrogen (secondary N) is 4. The van der Waals surface area contributed by atoms with Gasteiger partial charge in [-0.1, -0.05) is 101 Å². The van der Waals surface area contributed by atoms with Gasteiger partial charge in [0, 0.05) is 38.3 Å². The minimum absolute atomic E-state index is 0.00512. The Morgan fingerprint density at radius 1 is 0.634 bits per heavy atom. The predicted octanol–water partition coefficient (Wildman–Crippen LogP) is 2.15. The Hall–Kier alpha value is -5.98. The lowest BCUT2D eigenvalue weighted by molar-refractivity contribution is -0.145. The van der Waals surface area contributed by atoms with Gasteiger partial charge < -0.3 is 31.1 Å². The predicted molar refractivity (Wildman–Crippen MR) is 271 cm³/mol. The summed E-state index contributed by atoms with van der Waals surface area (Å²) in [4.78, 5) is 78.8. The van der Waals surface area contributed by atoms with Crippen LogP contribution in [0.3, 0.4) is 0 Å². The molecule has 2 aromatic heterocycles. The van der Waals surface area contributed by atoms with Gasteiger partial charge in [-0.25, -0.2) is 19.0 Å². The second-order valence-electron chi connectivity index (χ2n) is 17.1. The molecule has 4 amide bonds. The van der Waals surface area contributed by atoms with E-state index in [4.69, 9.17) is 4.74 Å². The van der Waals surface area contributed by atoms with Gasteiger partial charge in [0.2, 0.25) is 23.6 Å². The van der Waals surface area contributed by atoms with E-state index in [-0.39, 0.29) is 73.7 Å². The molecule has 24 heteroatoms. The Balaban J connectivity index is 0.000000375. The molecule has 6 unspecified atom stereocenters. The van der Waals surface area contributed by atoms with E-state index in [1.165, 1.54) is 40.9 Å². The minimum atomic E-state index is -1.05. The highest BCUT2D eigenvalue weighted by molar-refractivity contribution is 7.98. The van der Waals surface area contributed by atoms with Crippen LogP contribution in [0.2, 0.25) is 0 Å². The normalized spacial score (nSPS) is 13.6. The van der Waals surface area contributed by atoms with Crippen molar-refractivity contribution < 1.29 is 38.6 Å². The maximum absolute atomic E-state index is 13.0. The van der Waals surface area contributed by atoms with Crippen molar-refractivity contribution in [2.75, 3.05) is 57.3 Å². The first kappa shape index (κ1) is 59.3. The average molecular weight is 1030 g/mol. The molecule has 22 nitrogen and oxygen atoms in total. The zero-order valence-electron chi connectivity index (χ0n) is 41.9. The number of hydrogen-bond acceptors (Lipinski definition) is 17. The summed E-state index contributed by atoms with van der Waals surface area (Å²) in [7, 11) is 1.32. The Bertz CT molecular complexity index is 2150. The number of amides is 4. The standard InChI is InChI=1S/C24H37N7O4S.C23H35N7O4S/c1-5-18(2)21(27-23(33)16-31-17-25-28-29-31)14-30(13-19-9-7-6-8-10-19)15-22(32)26-20(11-12-36-4)24(34)35-3;1-4-17(2)20(26-22(32)15-30-16-24-27-28-30)13-29(12-18-8-6-5-7-9-18)14-21(31)25-19(23(33)34)10-11-35-3/h6-10,17-18,20-21H,5,11-16H2,1-4H3,(H,26,32)(H,27,33);5-9,16-17,19-20H,4,10-15H2,1-3H3,(H,25,31)(H,26,32)(H,33,34). The Morgan fingerprint density at radius 3 is 1.39 bits per heavy atom. The number of hydrogen-bond donors (Lipinski definition) is 5. The molecule has 0 spiro atoms. The van der Waals surface area contributed by atoms with Crippen LogP contribution in [0.25, 0.3) is 0 Å². The highest BCUT2D eigenvalue weighted by Gasteiger charge is 2.28. The van der Waals surface area contributed by atoms with E-state index in [0.29, 0.717) is 44.8 Å². The van der Waals surface area contributed by atoms with E-state index in [1.54, 1.807) is 11.8 Å². The van der Waals surface area contributed by atoms with E-state index in [9.17, 15) is 33.9 Å². The first-order chi connectivity index (χ1) is 34.2. The molecule has 0 bridgehead atoms. The minimum Gasteiger partial charge on any atom is -0.480 e. The van der Waals surface area contributed by atoms with Crippen LogP contribution in [-0.4, -0.2) is 172 Å². The number of benzene rings is 2. The number of carboxylic acids is 1. The number of esters is 1. The van der Waals surface area contributed by atoms with Crippen LogP contribution >= 0.6 is 23.5 Å². The van der Waals surface area contributed by atoms with Crippen LogP contribution in [0.15, 0.2) is 73.3 Å². The molecule has 0 aliphatic carbocycles. The number of ether oxygens (including phenoxy) is 1. The summed E-state index contributed by atoms with van der Waals surface area (Å²) in [5.41, 5.74) is 2.06. The molecular weight excluding hydrogens is 953 g/mol. The maximum atomic E-state index is 13.0. The van der Waals surface area contributed by atoms with Crippen LogP contribution in [0.5, 0.6) is 0 Å². The summed E-state index contributed by atoms with van der Waals surface area (Å²) in [5.74, 6) is -0.923. The zero-order valence-corrected chi connectivity index (χ0v) is 43.5. The van der Waals surface area contributed by atoms with Crippen molar-refractivity contribution in [2.45, 2.75) is 104 Å². The van der Waals surface area contributed by atoms with Gasteiger partial charge in [-0.3, -0.25) is 29.0 Å². The molecule has 0 saturated heterocycles.